The van der Waals surface area contributed by atoms with Crippen molar-refractivity contribution in [2.45, 2.75) is 39.0 Å². The fraction of sp³-hybridized carbons (Fsp3) is 0.500. The highest BCUT2D eigenvalue weighted by Crippen LogP contribution is 2.29. The van der Waals surface area contributed by atoms with Crippen molar-refractivity contribution in [1.82, 2.24) is 0 Å². The molecule has 1 aliphatic carbocycles. The molecular formula is C14H19NO. The molecule has 1 aromatic carbocycles. The van der Waals surface area contributed by atoms with Crippen LogP contribution in [0.15, 0.2) is 18.2 Å². The number of aryl methyl sites for hydroxylation is 1. The first kappa shape index (κ1) is 11.2. The molecule has 0 saturated heterocycles. The predicted molar refractivity (Wildman–Crippen MR) is 66.5 cm³/mol. The van der Waals surface area contributed by atoms with Crippen molar-refractivity contribution in [2.24, 2.45) is 5.92 Å². The molecule has 1 saturated carbocycles. The highest BCUT2D eigenvalue weighted by Gasteiger charge is 2.20. The zero-order chi connectivity index (χ0) is 11.5. The Bertz CT molecular complexity index is 392. The van der Waals surface area contributed by atoms with E-state index in [9.17, 15) is 4.79 Å². The van der Waals surface area contributed by atoms with Crippen molar-refractivity contribution in [3.8, 4) is 0 Å². The average molecular weight is 217 g/mol. The number of carbonyl (C=O) groups excluding carboxylic acids is 1. The van der Waals surface area contributed by atoms with E-state index in [1.165, 1.54) is 25.7 Å². The third kappa shape index (κ3) is 2.43. The molecule has 1 aromatic rings. The number of hydrogen-bond acceptors (Lipinski definition) is 2. The number of Topliss-reactive ketones (excluding diaryl/α,β-unsaturated/α-hetero) is 1. The molecule has 0 atom stereocenters. The van der Waals surface area contributed by atoms with Crippen molar-refractivity contribution in [3.05, 3.63) is 29.3 Å². The highest BCUT2D eigenvalue weighted by atomic mass is 16.1. The molecule has 0 amide bonds. The molecule has 2 rings (SSSR count). The second kappa shape index (κ2) is 4.69. The van der Waals surface area contributed by atoms with Crippen molar-refractivity contribution in [1.29, 1.82) is 0 Å². The minimum absolute atomic E-state index is 0.216. The molecule has 0 heterocycles. The maximum Gasteiger partial charge on any atom is 0.165 e. The lowest BCUT2D eigenvalue weighted by atomic mass is 9.95. The van der Waals surface area contributed by atoms with Gasteiger partial charge in [0.05, 0.1) is 0 Å². The second-order valence-corrected chi connectivity index (χ2v) is 4.87. The summed E-state index contributed by atoms with van der Waals surface area (Å²) >= 11 is 0. The van der Waals surface area contributed by atoms with Gasteiger partial charge in [0.1, 0.15) is 0 Å². The number of rotatable bonds is 3. The van der Waals surface area contributed by atoms with Gasteiger partial charge in [-0.2, -0.15) is 0 Å². The zero-order valence-electron chi connectivity index (χ0n) is 9.83. The van der Waals surface area contributed by atoms with Crippen molar-refractivity contribution in [2.75, 3.05) is 5.73 Å². The maximum atomic E-state index is 12.1. The van der Waals surface area contributed by atoms with E-state index in [0.717, 1.165) is 5.56 Å². The van der Waals surface area contributed by atoms with Gasteiger partial charge in [-0.25, -0.2) is 0 Å². The first-order chi connectivity index (χ1) is 7.66. The topological polar surface area (TPSA) is 43.1 Å². The van der Waals surface area contributed by atoms with Crippen LogP contribution in [-0.4, -0.2) is 5.78 Å². The van der Waals surface area contributed by atoms with Gasteiger partial charge in [0, 0.05) is 17.7 Å². The van der Waals surface area contributed by atoms with E-state index in [1.807, 2.05) is 25.1 Å². The van der Waals surface area contributed by atoms with E-state index in [1.54, 1.807) is 0 Å². The van der Waals surface area contributed by atoms with Crippen LogP contribution >= 0.6 is 0 Å². The molecule has 1 fully saturated rings. The molecule has 0 spiro atoms. The standard InChI is InChI=1S/C14H19NO/c1-10-6-7-13(15)12(8-10)14(16)9-11-4-2-3-5-11/h6-8,11H,2-5,9,15H2,1H3. The summed E-state index contributed by atoms with van der Waals surface area (Å²) in [5.74, 6) is 0.806. The van der Waals surface area contributed by atoms with Crippen molar-refractivity contribution >= 4 is 11.5 Å². The largest absolute Gasteiger partial charge is 0.398 e. The minimum Gasteiger partial charge on any atom is -0.398 e. The molecule has 0 aromatic heterocycles. The Morgan fingerprint density at radius 2 is 2.06 bits per heavy atom. The molecule has 86 valence electrons. The number of anilines is 1. The summed E-state index contributed by atoms with van der Waals surface area (Å²) in [4.78, 5) is 12.1. The van der Waals surface area contributed by atoms with E-state index in [-0.39, 0.29) is 5.78 Å². The van der Waals surface area contributed by atoms with Gasteiger partial charge in [0.25, 0.3) is 0 Å². The quantitative estimate of drug-likeness (QED) is 0.623. The maximum absolute atomic E-state index is 12.1. The molecule has 2 N–H and O–H groups in total. The summed E-state index contributed by atoms with van der Waals surface area (Å²) < 4.78 is 0. The Hall–Kier alpha value is -1.31. The Balaban J connectivity index is 2.10. The molecule has 16 heavy (non-hydrogen) atoms. The van der Waals surface area contributed by atoms with Gasteiger partial charge in [-0.05, 0) is 25.0 Å². The van der Waals surface area contributed by atoms with Gasteiger partial charge in [0.15, 0.2) is 5.78 Å². The van der Waals surface area contributed by atoms with E-state index in [0.29, 0.717) is 23.6 Å². The van der Waals surface area contributed by atoms with E-state index < -0.39 is 0 Å². The van der Waals surface area contributed by atoms with Gasteiger partial charge in [0.2, 0.25) is 0 Å². The average Bonchev–Trinajstić information content (AvgIpc) is 2.74. The van der Waals surface area contributed by atoms with Crippen LogP contribution in [-0.2, 0) is 0 Å². The number of benzene rings is 1. The number of nitrogens with two attached hydrogens (primary N) is 1. The SMILES string of the molecule is Cc1ccc(N)c(C(=O)CC2CCCC2)c1. The van der Waals surface area contributed by atoms with Crippen LogP contribution in [0.5, 0.6) is 0 Å². The molecule has 0 bridgehead atoms. The lowest BCUT2D eigenvalue weighted by molar-refractivity contribution is 0.0963. The fourth-order valence-corrected chi connectivity index (χ4v) is 2.50. The third-order valence-corrected chi connectivity index (χ3v) is 3.46. The molecule has 1 aliphatic rings. The van der Waals surface area contributed by atoms with Crippen LogP contribution in [0.3, 0.4) is 0 Å². The minimum atomic E-state index is 0.216. The van der Waals surface area contributed by atoms with Gasteiger partial charge in [-0.3, -0.25) is 4.79 Å². The summed E-state index contributed by atoms with van der Waals surface area (Å²) in [5, 5.41) is 0. The number of ketones is 1. The van der Waals surface area contributed by atoms with Gasteiger partial charge in [-0.15, -0.1) is 0 Å². The molecule has 0 unspecified atom stereocenters. The summed E-state index contributed by atoms with van der Waals surface area (Å²) in [6.07, 6.45) is 5.64. The predicted octanol–water partition coefficient (Wildman–Crippen LogP) is 3.34. The Morgan fingerprint density at radius 1 is 1.38 bits per heavy atom. The van der Waals surface area contributed by atoms with Gasteiger partial charge < -0.3 is 5.73 Å². The molecule has 0 aliphatic heterocycles. The first-order valence-electron chi connectivity index (χ1n) is 6.06. The monoisotopic (exact) mass is 217 g/mol. The first-order valence-corrected chi connectivity index (χ1v) is 6.06. The molecule has 0 radical (unpaired) electrons. The van der Waals surface area contributed by atoms with E-state index >= 15 is 0 Å². The zero-order valence-corrected chi connectivity index (χ0v) is 9.83. The summed E-state index contributed by atoms with van der Waals surface area (Å²) in [6, 6.07) is 5.69. The Labute approximate surface area is 96.8 Å². The lowest BCUT2D eigenvalue weighted by Crippen LogP contribution is -2.08. The van der Waals surface area contributed by atoms with Crippen molar-refractivity contribution in [3.63, 3.8) is 0 Å². The Morgan fingerprint density at radius 3 is 2.75 bits per heavy atom. The van der Waals surface area contributed by atoms with E-state index in [4.69, 9.17) is 5.73 Å². The number of carbonyl (C=O) groups is 1. The smallest absolute Gasteiger partial charge is 0.165 e. The van der Waals surface area contributed by atoms with Crippen LogP contribution in [0.1, 0.15) is 48.0 Å². The number of hydrogen-bond donors (Lipinski definition) is 1. The van der Waals surface area contributed by atoms with Crippen LogP contribution in [0, 0.1) is 12.8 Å². The normalized spacial score (nSPS) is 16.6. The molecule has 2 nitrogen and oxygen atoms in total. The summed E-state index contributed by atoms with van der Waals surface area (Å²) in [5.41, 5.74) is 8.28. The second-order valence-electron chi connectivity index (χ2n) is 4.87. The van der Waals surface area contributed by atoms with Gasteiger partial charge >= 0.3 is 0 Å². The molecular weight excluding hydrogens is 198 g/mol. The fourth-order valence-electron chi connectivity index (χ4n) is 2.50. The van der Waals surface area contributed by atoms with Crippen molar-refractivity contribution < 1.29 is 4.79 Å². The summed E-state index contributed by atoms with van der Waals surface area (Å²) in [6.45, 7) is 1.99. The van der Waals surface area contributed by atoms with Crippen LogP contribution in [0.2, 0.25) is 0 Å². The van der Waals surface area contributed by atoms with Gasteiger partial charge in [-0.1, -0.05) is 37.3 Å². The van der Waals surface area contributed by atoms with Crippen LogP contribution < -0.4 is 5.73 Å². The van der Waals surface area contributed by atoms with Crippen LogP contribution in [0.25, 0.3) is 0 Å². The Kier molecular flexibility index (Phi) is 3.28. The third-order valence-electron chi connectivity index (χ3n) is 3.46. The van der Waals surface area contributed by atoms with Crippen LogP contribution in [0.4, 0.5) is 5.69 Å². The summed E-state index contributed by atoms with van der Waals surface area (Å²) in [7, 11) is 0. The molecule has 2 heteroatoms. The lowest BCUT2D eigenvalue weighted by Gasteiger charge is -2.10. The highest BCUT2D eigenvalue weighted by molar-refractivity contribution is 6.01. The number of nitrogen functional groups attached to an aromatic ring is 1. The van der Waals surface area contributed by atoms with E-state index in [2.05, 4.69) is 0 Å².